The van der Waals surface area contributed by atoms with Gasteiger partial charge in [-0.2, -0.15) is 10.1 Å². The van der Waals surface area contributed by atoms with Gasteiger partial charge in [0.15, 0.2) is 0 Å². The van der Waals surface area contributed by atoms with Crippen molar-refractivity contribution in [2.45, 2.75) is 26.1 Å². The van der Waals surface area contributed by atoms with Crippen LogP contribution in [0.3, 0.4) is 0 Å². The quantitative estimate of drug-likeness (QED) is 0.646. The van der Waals surface area contributed by atoms with Gasteiger partial charge in [0.25, 0.3) is 0 Å². The number of anilines is 2. The van der Waals surface area contributed by atoms with Crippen molar-refractivity contribution in [2.24, 2.45) is 0 Å². The van der Waals surface area contributed by atoms with E-state index >= 15 is 0 Å². The summed E-state index contributed by atoms with van der Waals surface area (Å²) in [6.45, 7) is 5.77. The Hall–Kier alpha value is -2.23. The summed E-state index contributed by atoms with van der Waals surface area (Å²) in [7, 11) is 0. The molecule has 0 bridgehead atoms. The Bertz CT molecular complexity index is 706. The Labute approximate surface area is 146 Å². The molecule has 4 N–H and O–H groups in total. The number of aliphatic hydroxyl groups is 2. The smallest absolute Gasteiger partial charge is 0.227 e. The molecule has 1 atom stereocenters. The minimum Gasteiger partial charge on any atom is -0.394 e. The summed E-state index contributed by atoms with van der Waals surface area (Å²) in [6, 6.07) is 1.65. The van der Waals surface area contributed by atoms with Crippen molar-refractivity contribution in [3.05, 3.63) is 29.7 Å². The predicted molar refractivity (Wildman–Crippen MR) is 94.0 cm³/mol. The Morgan fingerprint density at radius 1 is 1.32 bits per heavy atom. The minimum absolute atomic E-state index is 0.0676. The maximum atomic E-state index is 10.4. The summed E-state index contributed by atoms with van der Waals surface area (Å²) in [4.78, 5) is 12.7. The van der Waals surface area contributed by atoms with Crippen LogP contribution in [0.4, 0.5) is 11.8 Å². The molecule has 0 aliphatic carbocycles. The highest BCUT2D eigenvalue weighted by molar-refractivity contribution is 5.38. The molecule has 1 saturated heterocycles. The second-order valence-corrected chi connectivity index (χ2v) is 6.34. The number of nitrogens with two attached hydrogens (primary N) is 1. The Morgan fingerprint density at radius 3 is 2.92 bits per heavy atom. The second-order valence-electron chi connectivity index (χ2n) is 6.34. The van der Waals surface area contributed by atoms with Crippen LogP contribution in [-0.4, -0.2) is 73.8 Å². The van der Waals surface area contributed by atoms with Crippen molar-refractivity contribution in [2.75, 3.05) is 43.4 Å². The lowest BCUT2D eigenvalue weighted by molar-refractivity contribution is 0.129. The third-order valence-corrected chi connectivity index (χ3v) is 4.30. The van der Waals surface area contributed by atoms with E-state index in [1.54, 1.807) is 16.9 Å². The van der Waals surface area contributed by atoms with E-state index in [9.17, 15) is 5.11 Å². The van der Waals surface area contributed by atoms with Gasteiger partial charge in [-0.25, -0.2) is 4.98 Å². The maximum Gasteiger partial charge on any atom is 0.227 e. The normalized spacial score (nSPS) is 19.2. The first kappa shape index (κ1) is 17.6. The molecule has 9 heteroatoms. The standard InChI is InChI=1S/C16H25N7O2/c1-12-13(9-23(20-12)6-7-24)8-21-4-5-22(11-14(25)10-21)16-18-3-2-15(17)19-16/h2-3,9,14,24-25H,4-8,10-11H2,1H3,(H2,17,18,19)/t14-/m0/s1. The van der Waals surface area contributed by atoms with Gasteiger partial charge in [0.1, 0.15) is 5.82 Å². The van der Waals surface area contributed by atoms with Crippen LogP contribution in [0.2, 0.25) is 0 Å². The largest absolute Gasteiger partial charge is 0.394 e. The summed E-state index contributed by atoms with van der Waals surface area (Å²) in [6.07, 6.45) is 3.09. The van der Waals surface area contributed by atoms with Crippen molar-refractivity contribution < 1.29 is 10.2 Å². The van der Waals surface area contributed by atoms with E-state index in [4.69, 9.17) is 10.8 Å². The van der Waals surface area contributed by atoms with Gasteiger partial charge in [0.2, 0.25) is 5.95 Å². The van der Waals surface area contributed by atoms with Gasteiger partial charge < -0.3 is 20.8 Å². The Balaban J connectivity index is 1.67. The van der Waals surface area contributed by atoms with Gasteiger partial charge >= 0.3 is 0 Å². The van der Waals surface area contributed by atoms with E-state index in [0.29, 0.717) is 44.5 Å². The zero-order valence-corrected chi connectivity index (χ0v) is 14.4. The molecule has 2 aromatic rings. The second kappa shape index (κ2) is 7.77. The highest BCUT2D eigenvalue weighted by Gasteiger charge is 2.23. The minimum atomic E-state index is -0.500. The zero-order chi connectivity index (χ0) is 17.8. The molecule has 1 aliphatic rings. The number of hydrogen-bond donors (Lipinski definition) is 3. The van der Waals surface area contributed by atoms with E-state index in [1.807, 2.05) is 18.0 Å². The number of nitrogen functional groups attached to an aromatic ring is 1. The Kier molecular flexibility index (Phi) is 5.47. The van der Waals surface area contributed by atoms with E-state index in [-0.39, 0.29) is 6.61 Å². The van der Waals surface area contributed by atoms with Crippen LogP contribution >= 0.6 is 0 Å². The van der Waals surface area contributed by atoms with E-state index in [2.05, 4.69) is 20.0 Å². The predicted octanol–water partition coefficient (Wildman–Crippen LogP) is -0.761. The first-order chi connectivity index (χ1) is 12.0. The third kappa shape index (κ3) is 4.44. The zero-order valence-electron chi connectivity index (χ0n) is 14.4. The molecule has 3 rings (SSSR count). The SMILES string of the molecule is Cc1nn(CCO)cc1CN1CCN(c2nccc(N)n2)C[C@@H](O)C1. The lowest BCUT2D eigenvalue weighted by Gasteiger charge is -2.21. The molecule has 2 aromatic heterocycles. The molecule has 3 heterocycles. The molecule has 25 heavy (non-hydrogen) atoms. The van der Waals surface area contributed by atoms with Crippen LogP contribution in [0.5, 0.6) is 0 Å². The molecule has 1 fully saturated rings. The number of rotatable bonds is 5. The van der Waals surface area contributed by atoms with Crippen LogP contribution in [0.15, 0.2) is 18.5 Å². The van der Waals surface area contributed by atoms with Crippen molar-refractivity contribution in [3.63, 3.8) is 0 Å². The fourth-order valence-corrected chi connectivity index (χ4v) is 3.07. The number of nitrogens with zero attached hydrogens (tertiary/aromatic N) is 6. The highest BCUT2D eigenvalue weighted by atomic mass is 16.3. The van der Waals surface area contributed by atoms with Crippen molar-refractivity contribution in [1.29, 1.82) is 0 Å². The summed E-state index contributed by atoms with van der Waals surface area (Å²) in [5.41, 5.74) is 7.79. The number of aryl methyl sites for hydroxylation is 1. The van der Waals surface area contributed by atoms with Gasteiger partial charge in [-0.3, -0.25) is 9.58 Å². The fourth-order valence-electron chi connectivity index (χ4n) is 3.07. The van der Waals surface area contributed by atoms with Gasteiger partial charge in [-0.05, 0) is 13.0 Å². The molecular weight excluding hydrogens is 322 g/mol. The molecule has 1 aliphatic heterocycles. The van der Waals surface area contributed by atoms with Gasteiger partial charge in [-0.1, -0.05) is 0 Å². The number of hydrogen-bond acceptors (Lipinski definition) is 8. The van der Waals surface area contributed by atoms with Crippen LogP contribution in [0.25, 0.3) is 0 Å². The summed E-state index contributed by atoms with van der Waals surface area (Å²) in [5, 5.41) is 23.8. The van der Waals surface area contributed by atoms with Gasteiger partial charge in [0.05, 0.1) is 24.9 Å². The van der Waals surface area contributed by atoms with Crippen molar-refractivity contribution in [3.8, 4) is 0 Å². The van der Waals surface area contributed by atoms with Crippen LogP contribution in [-0.2, 0) is 13.1 Å². The van der Waals surface area contributed by atoms with Gasteiger partial charge in [-0.15, -0.1) is 0 Å². The molecule has 0 aromatic carbocycles. The number of β-amino-alcohol motifs (C(OH)–C–C–N with tert-alkyl or cyclic N) is 1. The van der Waals surface area contributed by atoms with E-state index in [1.165, 1.54) is 0 Å². The topological polar surface area (TPSA) is 117 Å². The van der Waals surface area contributed by atoms with Gasteiger partial charge in [0, 0.05) is 50.7 Å². The molecule has 136 valence electrons. The average Bonchev–Trinajstić information content (AvgIpc) is 2.79. The lowest BCUT2D eigenvalue weighted by atomic mass is 10.2. The monoisotopic (exact) mass is 347 g/mol. The van der Waals surface area contributed by atoms with Crippen LogP contribution in [0.1, 0.15) is 11.3 Å². The lowest BCUT2D eigenvalue weighted by Crippen LogP contribution is -2.34. The average molecular weight is 347 g/mol. The molecule has 9 nitrogen and oxygen atoms in total. The molecule has 0 unspecified atom stereocenters. The summed E-state index contributed by atoms with van der Waals surface area (Å²) in [5.74, 6) is 0.973. The Morgan fingerprint density at radius 2 is 2.16 bits per heavy atom. The van der Waals surface area contributed by atoms with E-state index < -0.39 is 6.10 Å². The molecule has 0 saturated carbocycles. The molecule has 0 amide bonds. The summed E-state index contributed by atoms with van der Waals surface area (Å²) < 4.78 is 1.76. The first-order valence-corrected chi connectivity index (χ1v) is 8.43. The summed E-state index contributed by atoms with van der Waals surface area (Å²) >= 11 is 0. The van der Waals surface area contributed by atoms with Crippen LogP contribution < -0.4 is 10.6 Å². The molecule has 0 spiro atoms. The molecular formula is C16H25N7O2. The third-order valence-electron chi connectivity index (χ3n) is 4.30. The first-order valence-electron chi connectivity index (χ1n) is 8.43. The van der Waals surface area contributed by atoms with Crippen molar-refractivity contribution in [1.82, 2.24) is 24.6 Å². The number of aromatic nitrogens is 4. The van der Waals surface area contributed by atoms with Crippen LogP contribution in [0, 0.1) is 6.92 Å². The number of aliphatic hydroxyl groups excluding tert-OH is 2. The van der Waals surface area contributed by atoms with E-state index in [0.717, 1.165) is 17.8 Å². The maximum absolute atomic E-state index is 10.4. The van der Waals surface area contributed by atoms with Crippen molar-refractivity contribution >= 4 is 11.8 Å². The highest BCUT2D eigenvalue weighted by Crippen LogP contribution is 2.15. The fraction of sp³-hybridized carbons (Fsp3) is 0.562. The molecule has 0 radical (unpaired) electrons.